The number of hydrogen-bond acceptors (Lipinski definition) is 5. The molecule has 1 heterocycles. The van der Waals surface area contributed by atoms with Crippen LogP contribution in [0.25, 0.3) is 0 Å². The zero-order valence-corrected chi connectivity index (χ0v) is 5.80. The summed E-state index contributed by atoms with van der Waals surface area (Å²) in [5.41, 5.74) is 4.75. The second-order valence-electron chi connectivity index (χ2n) is 1.88. The first kappa shape index (κ1) is 8.05. The largest absolute Gasteiger partial charge is 0.454 e. The van der Waals surface area contributed by atoms with Gasteiger partial charge in [-0.2, -0.15) is 0 Å². The molecular weight excluding hydrogens is 166 g/mol. The highest BCUT2D eigenvalue weighted by Gasteiger charge is 2.20. The number of furan rings is 1. The fourth-order valence-corrected chi connectivity index (χ4v) is 0.683. The van der Waals surface area contributed by atoms with Crippen LogP contribution in [-0.2, 0) is 0 Å². The fraction of sp³-hybridized carbons (Fsp3) is 0. The van der Waals surface area contributed by atoms with Gasteiger partial charge in [0, 0.05) is 0 Å². The summed E-state index contributed by atoms with van der Waals surface area (Å²) in [6, 6.07) is 1.12. The van der Waals surface area contributed by atoms with Gasteiger partial charge in [-0.05, 0) is 0 Å². The Bertz CT molecular complexity index is 329. The van der Waals surface area contributed by atoms with Crippen LogP contribution in [-0.4, -0.2) is 16.0 Å². The molecule has 1 aromatic rings. The van der Waals surface area contributed by atoms with Crippen LogP contribution in [0.4, 0.5) is 5.69 Å². The van der Waals surface area contributed by atoms with E-state index in [1.807, 2.05) is 0 Å². The first-order chi connectivity index (χ1) is 5.66. The van der Waals surface area contributed by atoms with Gasteiger partial charge in [-0.15, -0.1) is 0 Å². The lowest BCUT2D eigenvalue weighted by Crippen LogP contribution is -2.13. The lowest BCUT2D eigenvalue weighted by atomic mass is 10.4. The molecule has 0 fully saturated rings. The molecule has 1 aromatic heterocycles. The van der Waals surface area contributed by atoms with E-state index in [9.17, 15) is 10.1 Å². The second-order valence-corrected chi connectivity index (χ2v) is 1.88. The van der Waals surface area contributed by atoms with Crippen LogP contribution in [0.5, 0.6) is 0 Å². The highest BCUT2D eigenvalue weighted by molar-refractivity contribution is 5.97. The highest BCUT2D eigenvalue weighted by atomic mass is 16.6. The SMILES string of the molecule is NC(=NO)c1occc1[N+](=O)[O-]. The molecule has 0 saturated carbocycles. The maximum Gasteiger partial charge on any atom is 0.318 e. The van der Waals surface area contributed by atoms with Gasteiger partial charge < -0.3 is 15.4 Å². The van der Waals surface area contributed by atoms with Crippen molar-refractivity contribution < 1.29 is 14.5 Å². The van der Waals surface area contributed by atoms with E-state index in [4.69, 9.17) is 10.9 Å². The Morgan fingerprint density at radius 1 is 1.83 bits per heavy atom. The first-order valence-corrected chi connectivity index (χ1v) is 2.86. The number of nitro groups is 1. The Morgan fingerprint density at radius 2 is 2.50 bits per heavy atom. The molecule has 0 bridgehead atoms. The summed E-state index contributed by atoms with van der Waals surface area (Å²) in [5, 5.41) is 21.0. The van der Waals surface area contributed by atoms with Gasteiger partial charge in [-0.1, -0.05) is 5.16 Å². The Balaban J connectivity index is 3.16. The molecule has 0 saturated heterocycles. The summed E-state index contributed by atoms with van der Waals surface area (Å²) in [7, 11) is 0. The van der Waals surface area contributed by atoms with Crippen LogP contribution in [0.15, 0.2) is 21.9 Å². The van der Waals surface area contributed by atoms with Crippen molar-refractivity contribution >= 4 is 11.5 Å². The zero-order chi connectivity index (χ0) is 9.14. The Kier molecular flexibility index (Phi) is 1.95. The van der Waals surface area contributed by atoms with Crippen molar-refractivity contribution in [1.29, 1.82) is 0 Å². The summed E-state index contributed by atoms with van der Waals surface area (Å²) >= 11 is 0. The molecule has 0 aromatic carbocycles. The molecule has 0 atom stereocenters. The van der Waals surface area contributed by atoms with E-state index < -0.39 is 10.8 Å². The first-order valence-electron chi connectivity index (χ1n) is 2.86. The second kappa shape index (κ2) is 2.91. The maximum absolute atomic E-state index is 10.3. The van der Waals surface area contributed by atoms with Gasteiger partial charge in [0.15, 0.2) is 0 Å². The van der Waals surface area contributed by atoms with Crippen LogP contribution in [0, 0.1) is 10.1 Å². The summed E-state index contributed by atoms with van der Waals surface area (Å²) in [6.07, 6.45) is 1.09. The van der Waals surface area contributed by atoms with Crippen molar-refractivity contribution in [2.75, 3.05) is 0 Å². The van der Waals surface area contributed by atoms with Gasteiger partial charge in [0.1, 0.15) is 0 Å². The summed E-state index contributed by atoms with van der Waals surface area (Å²) < 4.78 is 4.62. The van der Waals surface area contributed by atoms with Crippen LogP contribution >= 0.6 is 0 Å². The zero-order valence-electron chi connectivity index (χ0n) is 5.80. The van der Waals surface area contributed by atoms with Crippen molar-refractivity contribution in [2.24, 2.45) is 10.9 Å². The highest BCUT2D eigenvalue weighted by Crippen LogP contribution is 2.18. The molecular formula is C5H5N3O4. The average molecular weight is 171 g/mol. The Labute approximate surface area is 66.2 Å². The molecule has 0 aliphatic carbocycles. The van der Waals surface area contributed by atoms with Crippen molar-refractivity contribution in [1.82, 2.24) is 0 Å². The third-order valence-electron chi connectivity index (χ3n) is 1.18. The van der Waals surface area contributed by atoms with Crippen molar-refractivity contribution in [3.63, 3.8) is 0 Å². The lowest BCUT2D eigenvalue weighted by molar-refractivity contribution is -0.385. The minimum Gasteiger partial charge on any atom is -0.454 e. The van der Waals surface area contributed by atoms with Crippen LogP contribution in [0.3, 0.4) is 0 Å². The third kappa shape index (κ3) is 1.19. The quantitative estimate of drug-likeness (QED) is 0.218. The third-order valence-corrected chi connectivity index (χ3v) is 1.18. The number of oxime groups is 1. The number of amidine groups is 1. The van der Waals surface area contributed by atoms with Gasteiger partial charge in [-0.3, -0.25) is 10.1 Å². The van der Waals surface area contributed by atoms with E-state index in [1.165, 1.54) is 0 Å². The Morgan fingerprint density at radius 3 is 3.00 bits per heavy atom. The Hall–Kier alpha value is -2.05. The molecule has 12 heavy (non-hydrogen) atoms. The molecule has 3 N–H and O–H groups in total. The summed E-state index contributed by atoms with van der Waals surface area (Å²) in [6.45, 7) is 0. The number of nitrogens with zero attached hydrogens (tertiary/aromatic N) is 2. The molecule has 0 aliphatic heterocycles. The topological polar surface area (TPSA) is 115 Å². The molecule has 1 rings (SSSR count). The molecule has 0 spiro atoms. The molecule has 0 radical (unpaired) electrons. The predicted octanol–water partition coefficient (Wildman–Crippen LogP) is 0.282. The maximum atomic E-state index is 10.3. The smallest absolute Gasteiger partial charge is 0.318 e. The monoisotopic (exact) mass is 171 g/mol. The van der Waals surface area contributed by atoms with E-state index in [0.29, 0.717) is 0 Å². The molecule has 64 valence electrons. The average Bonchev–Trinajstić information content (AvgIpc) is 2.50. The summed E-state index contributed by atoms with van der Waals surface area (Å²) in [4.78, 5) is 9.57. The van der Waals surface area contributed by atoms with Gasteiger partial charge >= 0.3 is 5.69 Å². The molecule has 7 heteroatoms. The van der Waals surface area contributed by atoms with E-state index in [-0.39, 0.29) is 11.4 Å². The molecule has 7 nitrogen and oxygen atoms in total. The number of hydrogen-bond donors (Lipinski definition) is 2. The van der Waals surface area contributed by atoms with Crippen LogP contribution in [0.2, 0.25) is 0 Å². The van der Waals surface area contributed by atoms with Crippen LogP contribution in [0.1, 0.15) is 5.76 Å². The normalized spacial score (nSPS) is 11.5. The van der Waals surface area contributed by atoms with E-state index >= 15 is 0 Å². The molecule has 0 aliphatic rings. The predicted molar refractivity (Wildman–Crippen MR) is 37.9 cm³/mol. The summed E-state index contributed by atoms with van der Waals surface area (Å²) in [5.74, 6) is -0.672. The van der Waals surface area contributed by atoms with Crippen LogP contribution < -0.4 is 5.73 Å². The van der Waals surface area contributed by atoms with Gasteiger partial charge in [0.25, 0.3) is 0 Å². The standard InChI is InChI=1S/C5H5N3O4/c6-5(7-9)4-3(8(10)11)1-2-12-4/h1-2,9H,(H2,6,7). The molecule has 0 unspecified atom stereocenters. The minimum absolute atomic E-state index is 0.248. The number of nitrogens with two attached hydrogens (primary N) is 1. The van der Waals surface area contributed by atoms with Crippen molar-refractivity contribution in [2.45, 2.75) is 0 Å². The minimum atomic E-state index is -0.684. The van der Waals surface area contributed by atoms with Gasteiger partial charge in [0.05, 0.1) is 17.3 Å². The van der Waals surface area contributed by atoms with E-state index in [2.05, 4.69) is 9.57 Å². The van der Waals surface area contributed by atoms with Gasteiger partial charge in [0.2, 0.25) is 11.6 Å². The number of rotatable bonds is 2. The lowest BCUT2D eigenvalue weighted by Gasteiger charge is -1.90. The van der Waals surface area contributed by atoms with Crippen molar-refractivity contribution in [3.8, 4) is 0 Å². The van der Waals surface area contributed by atoms with Crippen molar-refractivity contribution in [3.05, 3.63) is 28.2 Å². The van der Waals surface area contributed by atoms with E-state index in [0.717, 1.165) is 12.3 Å². The molecule has 0 amide bonds. The fourth-order valence-electron chi connectivity index (χ4n) is 0.683. The van der Waals surface area contributed by atoms with E-state index in [1.54, 1.807) is 0 Å². The van der Waals surface area contributed by atoms with Gasteiger partial charge in [-0.25, -0.2) is 0 Å².